The van der Waals surface area contributed by atoms with E-state index in [0.29, 0.717) is 12.0 Å². The van der Waals surface area contributed by atoms with Crippen LogP contribution in [0.5, 0.6) is 0 Å². The Bertz CT molecular complexity index is 1380. The Morgan fingerprint density at radius 2 is 2.00 bits per heavy atom. The SMILES string of the molecule is O=C(Cn1c2c(c(=O)n3nc(Br)nc13)C1(CCC2)CCNCC1)Nc1ccc(C(F)(F)F)cc1Cl. The van der Waals surface area contributed by atoms with Gasteiger partial charge in [0.05, 0.1) is 16.3 Å². The first-order valence-electron chi connectivity index (χ1n) is 11.1. The second kappa shape index (κ2) is 8.90. The summed E-state index contributed by atoms with van der Waals surface area (Å²) >= 11 is 9.24. The molecule has 1 amide bonds. The third kappa shape index (κ3) is 4.36. The number of hydrogen-bond donors (Lipinski definition) is 2. The number of nitrogens with one attached hydrogen (secondary N) is 2. The minimum absolute atomic E-state index is 0.0630. The number of anilines is 1. The number of aromatic nitrogens is 4. The van der Waals surface area contributed by atoms with Gasteiger partial charge in [-0.3, -0.25) is 9.59 Å². The topological polar surface area (TPSA) is 93.3 Å². The molecule has 1 spiro atoms. The monoisotopic (exact) mass is 572 g/mol. The summed E-state index contributed by atoms with van der Waals surface area (Å²) < 4.78 is 42.0. The van der Waals surface area contributed by atoms with Crippen LogP contribution >= 0.6 is 27.5 Å². The minimum Gasteiger partial charge on any atom is -0.323 e. The molecule has 13 heteroatoms. The number of piperidine rings is 1. The van der Waals surface area contributed by atoms with E-state index in [1.54, 1.807) is 4.57 Å². The van der Waals surface area contributed by atoms with Crippen molar-refractivity contribution in [3.63, 3.8) is 0 Å². The molecule has 2 aliphatic rings. The molecule has 1 saturated heterocycles. The van der Waals surface area contributed by atoms with Crippen molar-refractivity contribution in [2.75, 3.05) is 18.4 Å². The number of rotatable bonds is 3. The van der Waals surface area contributed by atoms with Crippen molar-refractivity contribution in [3.05, 3.63) is 55.1 Å². The summed E-state index contributed by atoms with van der Waals surface area (Å²) in [6, 6.07) is 2.75. The van der Waals surface area contributed by atoms with E-state index < -0.39 is 17.6 Å². The maximum absolute atomic E-state index is 13.5. The first kappa shape index (κ1) is 24.3. The van der Waals surface area contributed by atoms with Gasteiger partial charge >= 0.3 is 6.18 Å². The van der Waals surface area contributed by atoms with Gasteiger partial charge in [0.25, 0.3) is 5.56 Å². The fourth-order valence-corrected chi connectivity index (χ4v) is 5.83. The van der Waals surface area contributed by atoms with Gasteiger partial charge in [-0.05, 0) is 79.3 Å². The highest BCUT2D eigenvalue weighted by molar-refractivity contribution is 9.10. The summed E-state index contributed by atoms with van der Waals surface area (Å²) in [6.45, 7) is 1.39. The lowest BCUT2D eigenvalue weighted by Gasteiger charge is -2.42. The summed E-state index contributed by atoms with van der Waals surface area (Å²) in [7, 11) is 0. The zero-order valence-corrected chi connectivity index (χ0v) is 20.7. The van der Waals surface area contributed by atoms with E-state index in [-0.39, 0.29) is 38.7 Å². The molecule has 1 aliphatic carbocycles. The Morgan fingerprint density at radius 1 is 1.26 bits per heavy atom. The van der Waals surface area contributed by atoms with Crippen LogP contribution in [0.15, 0.2) is 27.7 Å². The molecule has 1 fully saturated rings. The molecule has 186 valence electrons. The van der Waals surface area contributed by atoms with E-state index in [1.165, 1.54) is 4.52 Å². The van der Waals surface area contributed by atoms with Crippen LogP contribution in [0.3, 0.4) is 0 Å². The van der Waals surface area contributed by atoms with Gasteiger partial charge in [-0.25, -0.2) is 0 Å². The highest BCUT2D eigenvalue weighted by Gasteiger charge is 2.42. The molecule has 0 unspecified atom stereocenters. The van der Waals surface area contributed by atoms with Gasteiger partial charge in [0, 0.05) is 16.7 Å². The predicted octanol–water partition coefficient (Wildman–Crippen LogP) is 3.92. The minimum atomic E-state index is -4.54. The van der Waals surface area contributed by atoms with Crippen molar-refractivity contribution in [1.82, 2.24) is 24.5 Å². The average Bonchev–Trinajstić information content (AvgIpc) is 3.19. The number of fused-ring (bicyclic) bond motifs is 3. The smallest absolute Gasteiger partial charge is 0.323 e. The second-order valence-electron chi connectivity index (χ2n) is 8.93. The molecule has 1 aliphatic heterocycles. The second-order valence-corrected chi connectivity index (χ2v) is 10.0. The molecule has 1 aromatic carbocycles. The summed E-state index contributed by atoms with van der Waals surface area (Å²) in [5, 5.41) is 9.92. The Hall–Kier alpha value is -2.44. The van der Waals surface area contributed by atoms with E-state index in [4.69, 9.17) is 11.6 Å². The first-order valence-corrected chi connectivity index (χ1v) is 12.3. The number of alkyl halides is 3. The molecular weight excluding hydrogens is 553 g/mol. The molecule has 8 nitrogen and oxygen atoms in total. The van der Waals surface area contributed by atoms with E-state index in [9.17, 15) is 22.8 Å². The van der Waals surface area contributed by atoms with Gasteiger partial charge in [0.15, 0.2) is 0 Å². The van der Waals surface area contributed by atoms with Gasteiger partial charge in [-0.1, -0.05) is 11.6 Å². The van der Waals surface area contributed by atoms with Crippen molar-refractivity contribution in [1.29, 1.82) is 0 Å². The van der Waals surface area contributed by atoms with E-state index >= 15 is 0 Å². The lowest BCUT2D eigenvalue weighted by molar-refractivity contribution is -0.137. The van der Waals surface area contributed by atoms with Crippen LogP contribution in [0.2, 0.25) is 5.02 Å². The van der Waals surface area contributed by atoms with Crippen molar-refractivity contribution in [2.45, 2.75) is 50.2 Å². The van der Waals surface area contributed by atoms with E-state index in [1.807, 2.05) is 0 Å². The fourth-order valence-electron chi connectivity index (χ4n) is 5.29. The third-order valence-corrected chi connectivity index (χ3v) is 7.51. The van der Waals surface area contributed by atoms with Gasteiger partial charge in [0.1, 0.15) is 6.54 Å². The maximum atomic E-state index is 13.5. The molecule has 3 heterocycles. The van der Waals surface area contributed by atoms with Crippen molar-refractivity contribution >= 4 is 44.9 Å². The zero-order valence-electron chi connectivity index (χ0n) is 18.4. The number of hydrogen-bond acceptors (Lipinski definition) is 5. The summed E-state index contributed by atoms with van der Waals surface area (Å²) in [6.07, 6.45) is -0.572. The number of nitrogens with zero attached hydrogens (tertiary/aromatic N) is 4. The van der Waals surface area contributed by atoms with E-state index in [2.05, 4.69) is 36.6 Å². The largest absolute Gasteiger partial charge is 0.416 e. The number of amides is 1. The quantitative estimate of drug-likeness (QED) is 0.496. The van der Waals surface area contributed by atoms with Crippen LogP contribution in [0.4, 0.5) is 18.9 Å². The lowest BCUT2D eigenvalue weighted by atomic mass is 9.66. The highest BCUT2D eigenvalue weighted by Crippen LogP contribution is 2.42. The van der Waals surface area contributed by atoms with Crippen LogP contribution in [0.25, 0.3) is 5.78 Å². The number of halogens is 5. The molecular formula is C22H21BrClF3N6O2. The van der Waals surface area contributed by atoms with E-state index in [0.717, 1.165) is 62.7 Å². The Kier molecular flexibility index (Phi) is 6.17. The molecule has 0 radical (unpaired) electrons. The van der Waals surface area contributed by atoms with Gasteiger partial charge in [-0.2, -0.15) is 22.7 Å². The van der Waals surface area contributed by atoms with Crippen LogP contribution in [0.1, 0.15) is 42.5 Å². The maximum Gasteiger partial charge on any atom is 0.416 e. The van der Waals surface area contributed by atoms with Crippen LogP contribution in [-0.4, -0.2) is 38.2 Å². The Balaban J connectivity index is 1.54. The summed E-state index contributed by atoms with van der Waals surface area (Å²) in [4.78, 5) is 30.9. The molecule has 2 aromatic heterocycles. The van der Waals surface area contributed by atoms with Crippen LogP contribution in [-0.2, 0) is 29.4 Å². The van der Waals surface area contributed by atoms with Crippen LogP contribution < -0.4 is 16.2 Å². The van der Waals surface area contributed by atoms with Gasteiger partial charge in [-0.15, -0.1) is 5.10 Å². The van der Waals surface area contributed by atoms with Crippen molar-refractivity contribution in [2.24, 2.45) is 0 Å². The fraction of sp³-hybridized carbons (Fsp3) is 0.455. The standard InChI is InChI=1S/C22H21BrClF3N6O2/c23-19-30-20-32(11-16(34)29-14-4-3-12(10-13(14)24)22(25,26)27)15-2-1-5-21(6-8-28-9-7-21)17(15)18(35)33(20)31-19/h3-4,10,28H,1-2,5-9,11H2,(H,29,34). The molecule has 5 rings (SSSR count). The Labute approximate surface area is 211 Å². The van der Waals surface area contributed by atoms with Gasteiger partial charge < -0.3 is 15.2 Å². The average molecular weight is 574 g/mol. The third-order valence-electron chi connectivity index (χ3n) is 6.86. The molecule has 0 saturated carbocycles. The number of benzene rings is 1. The summed E-state index contributed by atoms with van der Waals surface area (Å²) in [5.41, 5.74) is 0.0691. The van der Waals surface area contributed by atoms with Crippen LogP contribution in [0, 0.1) is 0 Å². The zero-order chi connectivity index (χ0) is 25.0. The number of carbonyl (C=O) groups excluding carboxylic acids is 1. The normalized spacial score (nSPS) is 17.5. The molecule has 35 heavy (non-hydrogen) atoms. The predicted molar refractivity (Wildman–Crippen MR) is 127 cm³/mol. The molecule has 2 N–H and O–H groups in total. The van der Waals surface area contributed by atoms with Crippen molar-refractivity contribution in [3.8, 4) is 0 Å². The number of carbonyl (C=O) groups is 1. The molecule has 0 atom stereocenters. The first-order chi connectivity index (χ1) is 16.6. The lowest BCUT2D eigenvalue weighted by Crippen LogP contribution is -2.47. The van der Waals surface area contributed by atoms with Gasteiger partial charge in [0.2, 0.25) is 16.4 Å². The van der Waals surface area contributed by atoms with Crippen molar-refractivity contribution < 1.29 is 18.0 Å². The molecule has 3 aromatic rings. The molecule has 0 bridgehead atoms. The summed E-state index contributed by atoms with van der Waals surface area (Å²) in [5.74, 6) is -0.288. The Morgan fingerprint density at radius 3 is 2.69 bits per heavy atom. The highest BCUT2D eigenvalue weighted by atomic mass is 79.9.